The summed E-state index contributed by atoms with van der Waals surface area (Å²) in [5, 5.41) is 11.7. The topological polar surface area (TPSA) is 55.1 Å². The van der Waals surface area contributed by atoms with Crippen LogP contribution in [0.2, 0.25) is 0 Å². The van der Waals surface area contributed by atoms with Gasteiger partial charge in [-0.25, -0.2) is 4.98 Å². The predicted molar refractivity (Wildman–Crippen MR) is 78.2 cm³/mol. The fraction of sp³-hybridized carbons (Fsp3) is 0.0667. The normalized spacial score (nSPS) is 10.6. The Morgan fingerprint density at radius 1 is 1.15 bits per heavy atom. The van der Waals surface area contributed by atoms with Crippen LogP contribution in [0, 0.1) is 0 Å². The summed E-state index contributed by atoms with van der Waals surface area (Å²) in [6, 6.07) is 13.4. The van der Waals surface area contributed by atoms with Crippen molar-refractivity contribution in [2.45, 2.75) is 6.42 Å². The standard InChI is InChI=1S/C15H12N2O2S/c18-15-12(9-11-5-2-1-3-6-11)16-13(10-17(15)19)14-7-4-8-20-14/h1-8,10,19H,9H2. The SMILES string of the molecule is O=c1c(Cc2ccccc2)nc(-c2cccs2)cn1O. The van der Waals surface area contributed by atoms with Crippen molar-refractivity contribution in [3.63, 3.8) is 0 Å². The second kappa shape index (κ2) is 5.30. The maximum Gasteiger partial charge on any atom is 0.304 e. The average Bonchev–Trinajstić information content (AvgIpc) is 2.99. The molecule has 0 aliphatic rings. The molecule has 4 nitrogen and oxygen atoms in total. The fourth-order valence-electron chi connectivity index (χ4n) is 1.98. The van der Waals surface area contributed by atoms with Crippen molar-refractivity contribution in [2.75, 3.05) is 0 Å². The molecule has 100 valence electrons. The van der Waals surface area contributed by atoms with Crippen molar-refractivity contribution in [3.8, 4) is 10.6 Å². The van der Waals surface area contributed by atoms with Gasteiger partial charge in [0.15, 0.2) is 0 Å². The Kier molecular flexibility index (Phi) is 3.35. The number of nitrogens with zero attached hydrogens (tertiary/aromatic N) is 2. The molecular formula is C15H12N2O2S. The van der Waals surface area contributed by atoms with Crippen LogP contribution in [0.4, 0.5) is 0 Å². The molecule has 0 unspecified atom stereocenters. The number of hydrogen-bond donors (Lipinski definition) is 1. The van der Waals surface area contributed by atoms with E-state index in [0.717, 1.165) is 10.4 Å². The number of benzene rings is 1. The maximum absolute atomic E-state index is 11.9. The fourth-order valence-corrected chi connectivity index (χ4v) is 2.66. The quantitative estimate of drug-likeness (QED) is 0.752. The van der Waals surface area contributed by atoms with E-state index in [0.29, 0.717) is 22.5 Å². The lowest BCUT2D eigenvalue weighted by Gasteiger charge is -2.05. The minimum absolute atomic E-state index is 0.338. The van der Waals surface area contributed by atoms with Crippen LogP contribution in [0.15, 0.2) is 58.8 Å². The van der Waals surface area contributed by atoms with Gasteiger partial charge in [0.1, 0.15) is 11.4 Å². The minimum Gasteiger partial charge on any atom is -0.425 e. The zero-order valence-electron chi connectivity index (χ0n) is 10.6. The van der Waals surface area contributed by atoms with Crippen molar-refractivity contribution in [2.24, 2.45) is 0 Å². The first-order valence-electron chi connectivity index (χ1n) is 6.13. The summed E-state index contributed by atoms with van der Waals surface area (Å²) in [5.74, 6) is 0. The van der Waals surface area contributed by atoms with E-state index >= 15 is 0 Å². The third kappa shape index (κ3) is 2.48. The number of thiophene rings is 1. The summed E-state index contributed by atoms with van der Waals surface area (Å²) in [5.41, 5.74) is 1.45. The molecule has 0 fully saturated rings. The maximum atomic E-state index is 11.9. The molecule has 0 aliphatic carbocycles. The van der Waals surface area contributed by atoms with Crippen LogP contribution in [0.3, 0.4) is 0 Å². The van der Waals surface area contributed by atoms with Crippen LogP contribution in [0.5, 0.6) is 0 Å². The van der Waals surface area contributed by atoms with E-state index in [-0.39, 0.29) is 0 Å². The molecule has 20 heavy (non-hydrogen) atoms. The highest BCUT2D eigenvalue weighted by Gasteiger charge is 2.10. The Morgan fingerprint density at radius 3 is 2.65 bits per heavy atom. The molecule has 3 aromatic rings. The van der Waals surface area contributed by atoms with Crippen LogP contribution in [0.1, 0.15) is 11.3 Å². The zero-order chi connectivity index (χ0) is 13.9. The van der Waals surface area contributed by atoms with Crippen LogP contribution in [-0.4, -0.2) is 14.9 Å². The van der Waals surface area contributed by atoms with Crippen molar-refractivity contribution in [1.29, 1.82) is 0 Å². The Hall–Kier alpha value is -2.40. The highest BCUT2D eigenvalue weighted by atomic mass is 32.1. The molecule has 0 bridgehead atoms. The van der Waals surface area contributed by atoms with Gasteiger partial charge in [0.2, 0.25) is 0 Å². The molecule has 0 radical (unpaired) electrons. The third-order valence-electron chi connectivity index (χ3n) is 2.94. The van der Waals surface area contributed by atoms with Crippen LogP contribution in [0.25, 0.3) is 10.6 Å². The Labute approximate surface area is 119 Å². The summed E-state index contributed by atoms with van der Waals surface area (Å²) < 4.78 is 0.611. The van der Waals surface area contributed by atoms with Crippen molar-refractivity contribution in [1.82, 2.24) is 9.71 Å². The van der Waals surface area contributed by atoms with E-state index in [1.54, 1.807) is 0 Å². The molecule has 0 atom stereocenters. The van der Waals surface area contributed by atoms with Gasteiger partial charge >= 0.3 is 5.56 Å². The smallest absolute Gasteiger partial charge is 0.304 e. The molecule has 0 spiro atoms. The highest BCUT2D eigenvalue weighted by molar-refractivity contribution is 7.13. The first-order valence-corrected chi connectivity index (χ1v) is 7.01. The van der Waals surface area contributed by atoms with Gasteiger partial charge in [-0.1, -0.05) is 36.4 Å². The lowest BCUT2D eigenvalue weighted by atomic mass is 10.1. The zero-order valence-corrected chi connectivity index (χ0v) is 11.4. The van der Waals surface area contributed by atoms with Crippen molar-refractivity contribution >= 4 is 11.3 Å². The number of aromatic nitrogens is 2. The van der Waals surface area contributed by atoms with E-state index in [2.05, 4.69) is 4.98 Å². The molecule has 0 amide bonds. The molecule has 0 aliphatic heterocycles. The van der Waals surface area contributed by atoms with Crippen molar-refractivity contribution in [3.05, 3.63) is 75.7 Å². The Balaban J connectivity index is 2.04. The van der Waals surface area contributed by atoms with E-state index in [1.165, 1.54) is 17.5 Å². The molecular weight excluding hydrogens is 272 g/mol. The van der Waals surface area contributed by atoms with Crippen LogP contribution in [-0.2, 0) is 6.42 Å². The molecule has 1 N–H and O–H groups in total. The Bertz CT molecular complexity index is 764. The lowest BCUT2D eigenvalue weighted by molar-refractivity contribution is 0.173. The van der Waals surface area contributed by atoms with Crippen LogP contribution >= 0.6 is 11.3 Å². The van der Waals surface area contributed by atoms with E-state index in [9.17, 15) is 10.0 Å². The van der Waals surface area contributed by atoms with Crippen molar-refractivity contribution < 1.29 is 5.21 Å². The second-order valence-corrected chi connectivity index (χ2v) is 5.31. The van der Waals surface area contributed by atoms with Gasteiger partial charge in [-0.15, -0.1) is 11.3 Å². The highest BCUT2D eigenvalue weighted by Crippen LogP contribution is 2.22. The average molecular weight is 284 g/mol. The van der Waals surface area contributed by atoms with Gasteiger partial charge in [0.25, 0.3) is 0 Å². The molecule has 1 aromatic carbocycles. The molecule has 0 saturated carbocycles. The lowest BCUT2D eigenvalue weighted by Crippen LogP contribution is -2.23. The summed E-state index contributed by atoms with van der Waals surface area (Å²) in [6.45, 7) is 0. The Morgan fingerprint density at radius 2 is 1.95 bits per heavy atom. The van der Waals surface area contributed by atoms with Gasteiger partial charge < -0.3 is 5.21 Å². The first kappa shape index (κ1) is 12.6. The molecule has 3 rings (SSSR count). The van der Waals surface area contributed by atoms with Gasteiger partial charge in [-0.05, 0) is 17.0 Å². The molecule has 2 aromatic heterocycles. The van der Waals surface area contributed by atoms with Gasteiger partial charge in [-0.2, -0.15) is 4.73 Å². The van der Waals surface area contributed by atoms with Gasteiger partial charge in [0.05, 0.1) is 11.1 Å². The minimum atomic E-state index is -0.478. The molecule has 2 heterocycles. The van der Waals surface area contributed by atoms with E-state index in [4.69, 9.17) is 0 Å². The predicted octanol–water partition coefficient (Wildman–Crippen LogP) is 2.80. The largest absolute Gasteiger partial charge is 0.425 e. The second-order valence-electron chi connectivity index (χ2n) is 4.36. The summed E-state index contributed by atoms with van der Waals surface area (Å²) in [6.07, 6.45) is 1.75. The number of rotatable bonds is 3. The first-order chi connectivity index (χ1) is 9.74. The number of hydrogen-bond acceptors (Lipinski definition) is 4. The van der Waals surface area contributed by atoms with E-state index in [1.807, 2.05) is 47.8 Å². The summed E-state index contributed by atoms with van der Waals surface area (Å²) in [4.78, 5) is 17.3. The summed E-state index contributed by atoms with van der Waals surface area (Å²) >= 11 is 1.52. The van der Waals surface area contributed by atoms with E-state index < -0.39 is 5.56 Å². The van der Waals surface area contributed by atoms with Gasteiger partial charge in [-0.3, -0.25) is 4.79 Å². The third-order valence-corrected chi connectivity index (χ3v) is 3.84. The molecule has 5 heteroatoms. The van der Waals surface area contributed by atoms with Crippen LogP contribution < -0.4 is 5.56 Å². The van der Waals surface area contributed by atoms with Gasteiger partial charge in [0, 0.05) is 6.42 Å². The monoisotopic (exact) mass is 284 g/mol. The molecule has 0 saturated heterocycles. The summed E-state index contributed by atoms with van der Waals surface area (Å²) in [7, 11) is 0.